The highest BCUT2D eigenvalue weighted by Gasteiger charge is 2.17. The molecule has 2 aromatic heterocycles. The smallest absolute Gasteiger partial charge is 0.260 e. The third-order valence-corrected chi connectivity index (χ3v) is 4.45. The van der Waals surface area contributed by atoms with Crippen LogP contribution in [-0.2, 0) is 0 Å². The zero-order valence-corrected chi connectivity index (χ0v) is 12.9. The van der Waals surface area contributed by atoms with Crippen LogP contribution in [0.2, 0.25) is 0 Å². The van der Waals surface area contributed by atoms with E-state index in [1.54, 1.807) is 0 Å². The van der Waals surface area contributed by atoms with Crippen LogP contribution in [-0.4, -0.2) is 10.9 Å². The zero-order chi connectivity index (χ0) is 15.7. The minimum Gasteiger partial charge on any atom is -0.397 e. The SMILES string of the molecule is Cc1cc(/C=C/c2ccccc2)c2c(N)c(C(N)=O)sc2n1. The number of aryl methyl sites for hydroxylation is 1. The van der Waals surface area contributed by atoms with Crippen molar-refractivity contribution in [1.82, 2.24) is 4.98 Å². The van der Waals surface area contributed by atoms with Crippen molar-refractivity contribution in [3.8, 4) is 0 Å². The molecule has 1 amide bonds. The first-order valence-electron chi connectivity index (χ1n) is 6.79. The largest absolute Gasteiger partial charge is 0.397 e. The summed E-state index contributed by atoms with van der Waals surface area (Å²) in [4.78, 5) is 17.0. The average Bonchev–Trinajstić information content (AvgIpc) is 2.83. The molecular formula is C17H15N3OS. The molecule has 4 N–H and O–H groups in total. The fourth-order valence-electron chi connectivity index (χ4n) is 2.34. The van der Waals surface area contributed by atoms with Crippen molar-refractivity contribution in [2.75, 3.05) is 5.73 Å². The number of rotatable bonds is 3. The normalized spacial score (nSPS) is 11.3. The van der Waals surface area contributed by atoms with Crippen molar-refractivity contribution in [2.24, 2.45) is 5.73 Å². The van der Waals surface area contributed by atoms with Gasteiger partial charge in [0.25, 0.3) is 5.91 Å². The van der Waals surface area contributed by atoms with Gasteiger partial charge in [0.2, 0.25) is 0 Å². The Morgan fingerprint density at radius 3 is 2.64 bits per heavy atom. The van der Waals surface area contributed by atoms with E-state index in [1.807, 2.05) is 55.5 Å². The molecule has 0 atom stereocenters. The van der Waals surface area contributed by atoms with Crippen LogP contribution in [0.25, 0.3) is 22.4 Å². The molecule has 0 unspecified atom stereocenters. The number of fused-ring (bicyclic) bond motifs is 1. The van der Waals surface area contributed by atoms with Gasteiger partial charge in [-0.25, -0.2) is 4.98 Å². The van der Waals surface area contributed by atoms with Gasteiger partial charge in [-0.1, -0.05) is 42.5 Å². The Bertz CT molecular complexity index is 882. The third-order valence-electron chi connectivity index (χ3n) is 3.34. The molecule has 5 heteroatoms. The summed E-state index contributed by atoms with van der Waals surface area (Å²) in [6.07, 6.45) is 4.00. The van der Waals surface area contributed by atoms with Crippen LogP contribution in [0.15, 0.2) is 36.4 Å². The number of anilines is 1. The van der Waals surface area contributed by atoms with Gasteiger partial charge in [-0.2, -0.15) is 0 Å². The van der Waals surface area contributed by atoms with E-state index in [2.05, 4.69) is 4.98 Å². The van der Waals surface area contributed by atoms with Crippen LogP contribution in [0.5, 0.6) is 0 Å². The lowest BCUT2D eigenvalue weighted by Crippen LogP contribution is -2.10. The first-order chi connectivity index (χ1) is 10.6. The van der Waals surface area contributed by atoms with Crippen molar-refractivity contribution >= 4 is 45.3 Å². The number of hydrogen-bond donors (Lipinski definition) is 2. The summed E-state index contributed by atoms with van der Waals surface area (Å²) in [5, 5.41) is 0.789. The van der Waals surface area contributed by atoms with Crippen molar-refractivity contribution in [1.29, 1.82) is 0 Å². The summed E-state index contributed by atoms with van der Waals surface area (Å²) in [5.74, 6) is -0.517. The molecule has 1 aromatic carbocycles. The number of aromatic nitrogens is 1. The molecule has 0 saturated heterocycles. The fraction of sp³-hybridized carbons (Fsp3) is 0.0588. The number of primary amides is 1. The van der Waals surface area contributed by atoms with E-state index in [-0.39, 0.29) is 0 Å². The first-order valence-corrected chi connectivity index (χ1v) is 7.60. The Morgan fingerprint density at radius 2 is 1.95 bits per heavy atom. The minimum atomic E-state index is -0.517. The topological polar surface area (TPSA) is 82.0 Å². The molecule has 3 aromatic rings. The second kappa shape index (κ2) is 5.61. The molecule has 0 fully saturated rings. The first kappa shape index (κ1) is 14.3. The molecule has 0 aliphatic rings. The molecular weight excluding hydrogens is 294 g/mol. The maximum Gasteiger partial charge on any atom is 0.260 e. The number of hydrogen-bond acceptors (Lipinski definition) is 4. The highest BCUT2D eigenvalue weighted by Crippen LogP contribution is 2.35. The summed E-state index contributed by atoms with van der Waals surface area (Å²) in [5.41, 5.74) is 14.8. The Kier molecular flexibility index (Phi) is 3.65. The number of pyridine rings is 1. The quantitative estimate of drug-likeness (QED) is 0.777. The molecule has 4 nitrogen and oxygen atoms in total. The van der Waals surface area contributed by atoms with Crippen LogP contribution in [0, 0.1) is 6.92 Å². The van der Waals surface area contributed by atoms with Crippen LogP contribution in [0.4, 0.5) is 5.69 Å². The van der Waals surface area contributed by atoms with Gasteiger partial charge >= 0.3 is 0 Å². The van der Waals surface area contributed by atoms with Crippen LogP contribution >= 0.6 is 11.3 Å². The number of carbonyl (C=O) groups excluding carboxylic acids is 1. The second-order valence-electron chi connectivity index (χ2n) is 4.99. The van der Waals surface area contributed by atoms with Crippen molar-refractivity contribution < 1.29 is 4.79 Å². The van der Waals surface area contributed by atoms with Crippen LogP contribution in [0.3, 0.4) is 0 Å². The van der Waals surface area contributed by atoms with Gasteiger partial charge in [0.05, 0.1) is 5.69 Å². The highest BCUT2D eigenvalue weighted by molar-refractivity contribution is 7.21. The maximum absolute atomic E-state index is 11.5. The minimum absolute atomic E-state index is 0.363. The summed E-state index contributed by atoms with van der Waals surface area (Å²) in [6, 6.07) is 11.9. The van der Waals surface area contributed by atoms with E-state index >= 15 is 0 Å². The molecule has 0 spiro atoms. The van der Waals surface area contributed by atoms with E-state index in [0.29, 0.717) is 10.6 Å². The van der Waals surface area contributed by atoms with Crippen molar-refractivity contribution in [2.45, 2.75) is 6.92 Å². The van der Waals surface area contributed by atoms with Crippen molar-refractivity contribution in [3.05, 3.63) is 58.1 Å². The number of nitrogens with zero attached hydrogens (tertiary/aromatic N) is 1. The van der Waals surface area contributed by atoms with Gasteiger partial charge < -0.3 is 11.5 Å². The molecule has 0 saturated carbocycles. The number of nitrogen functional groups attached to an aromatic ring is 1. The van der Waals surface area contributed by atoms with E-state index in [0.717, 1.165) is 27.0 Å². The third kappa shape index (κ3) is 2.58. The van der Waals surface area contributed by atoms with Crippen molar-refractivity contribution in [3.63, 3.8) is 0 Å². The van der Waals surface area contributed by atoms with E-state index in [9.17, 15) is 4.79 Å². The van der Waals surface area contributed by atoms with Crippen LogP contribution in [0.1, 0.15) is 26.5 Å². The summed E-state index contributed by atoms with van der Waals surface area (Å²) >= 11 is 1.24. The number of amides is 1. The van der Waals surface area contributed by atoms with E-state index in [1.165, 1.54) is 11.3 Å². The van der Waals surface area contributed by atoms with Gasteiger partial charge in [-0.3, -0.25) is 4.79 Å². The number of nitrogens with two attached hydrogens (primary N) is 2. The lowest BCUT2D eigenvalue weighted by Gasteiger charge is -2.01. The molecule has 22 heavy (non-hydrogen) atoms. The lowest BCUT2D eigenvalue weighted by molar-refractivity contribution is 0.100. The molecule has 0 bridgehead atoms. The predicted molar refractivity (Wildman–Crippen MR) is 92.7 cm³/mol. The molecule has 0 radical (unpaired) electrons. The summed E-state index contributed by atoms with van der Waals surface area (Å²) in [6.45, 7) is 1.92. The molecule has 0 aliphatic carbocycles. The Balaban J connectivity index is 2.16. The monoisotopic (exact) mass is 309 g/mol. The van der Waals surface area contributed by atoms with Gasteiger partial charge in [0.15, 0.2) is 0 Å². The second-order valence-corrected chi connectivity index (χ2v) is 5.99. The van der Waals surface area contributed by atoms with Gasteiger partial charge in [0, 0.05) is 11.1 Å². The Morgan fingerprint density at radius 1 is 1.23 bits per heavy atom. The van der Waals surface area contributed by atoms with Gasteiger partial charge in [-0.05, 0) is 24.1 Å². The molecule has 110 valence electrons. The standard InChI is InChI=1S/C17H15N3OS/c1-10-9-12(8-7-11-5-3-2-4-6-11)13-14(18)15(16(19)21)22-17(13)20-10/h2-9H,18H2,1H3,(H2,19,21)/b8-7+. The lowest BCUT2D eigenvalue weighted by atomic mass is 10.1. The number of carbonyl (C=O) groups is 1. The van der Waals surface area contributed by atoms with E-state index in [4.69, 9.17) is 11.5 Å². The molecule has 0 aliphatic heterocycles. The highest BCUT2D eigenvalue weighted by atomic mass is 32.1. The van der Waals surface area contributed by atoms with Crippen LogP contribution < -0.4 is 11.5 Å². The summed E-state index contributed by atoms with van der Waals surface area (Å²) in [7, 11) is 0. The molecule has 2 heterocycles. The van der Waals surface area contributed by atoms with Gasteiger partial charge in [-0.15, -0.1) is 11.3 Å². The predicted octanol–water partition coefficient (Wildman–Crippen LogP) is 3.46. The van der Waals surface area contributed by atoms with E-state index < -0.39 is 5.91 Å². The number of thiophene rings is 1. The zero-order valence-electron chi connectivity index (χ0n) is 12.0. The number of benzene rings is 1. The van der Waals surface area contributed by atoms with Gasteiger partial charge in [0.1, 0.15) is 9.71 Å². The Hall–Kier alpha value is -2.66. The average molecular weight is 309 g/mol. The Labute approximate surface area is 132 Å². The molecule has 3 rings (SSSR count). The fourth-order valence-corrected chi connectivity index (χ4v) is 3.37. The summed E-state index contributed by atoms with van der Waals surface area (Å²) < 4.78 is 0. The maximum atomic E-state index is 11.5.